The van der Waals surface area contributed by atoms with Crippen LogP contribution in [0.4, 0.5) is 0 Å². The van der Waals surface area contributed by atoms with Crippen molar-refractivity contribution < 1.29 is 0 Å². The highest BCUT2D eigenvalue weighted by Crippen LogP contribution is 2.15. The molecule has 2 N–H and O–H groups in total. The van der Waals surface area contributed by atoms with Crippen LogP contribution >= 0.6 is 11.8 Å². The normalized spacial score (nSPS) is 12.7. The zero-order valence-electron chi connectivity index (χ0n) is 8.52. The minimum absolute atomic E-state index is 0.359. The molecule has 78 valence electrons. The molecule has 0 amide bonds. The monoisotopic (exact) mass is 211 g/mol. The van der Waals surface area contributed by atoms with Crippen LogP contribution in [0.3, 0.4) is 0 Å². The molecule has 1 rings (SSSR count). The van der Waals surface area contributed by atoms with Gasteiger partial charge in [0.1, 0.15) is 5.03 Å². The van der Waals surface area contributed by atoms with Crippen molar-refractivity contribution >= 4 is 11.8 Å². The maximum absolute atomic E-state index is 5.82. The van der Waals surface area contributed by atoms with Crippen molar-refractivity contribution in [3.05, 3.63) is 18.6 Å². The first-order valence-electron chi connectivity index (χ1n) is 4.97. The summed E-state index contributed by atoms with van der Waals surface area (Å²) in [5.41, 5.74) is 5.82. The Bertz CT molecular complexity index is 240. The minimum Gasteiger partial charge on any atom is -0.328 e. The molecule has 0 spiro atoms. The van der Waals surface area contributed by atoms with Gasteiger partial charge in [0.25, 0.3) is 0 Å². The van der Waals surface area contributed by atoms with E-state index in [1.807, 2.05) is 0 Å². The molecule has 0 saturated carbocycles. The quantitative estimate of drug-likeness (QED) is 0.578. The summed E-state index contributed by atoms with van der Waals surface area (Å²) in [6.07, 6.45) is 8.53. The van der Waals surface area contributed by atoms with E-state index in [9.17, 15) is 0 Å². The summed E-state index contributed by atoms with van der Waals surface area (Å²) >= 11 is 1.74. The number of aromatic nitrogens is 2. The van der Waals surface area contributed by atoms with E-state index >= 15 is 0 Å². The van der Waals surface area contributed by atoms with Gasteiger partial charge in [0.05, 0.1) is 6.20 Å². The van der Waals surface area contributed by atoms with E-state index in [1.54, 1.807) is 30.4 Å². The fraction of sp³-hybridized carbons (Fsp3) is 0.600. The Kier molecular flexibility index (Phi) is 5.56. The first-order chi connectivity index (χ1) is 6.83. The smallest absolute Gasteiger partial charge is 0.114 e. The third kappa shape index (κ3) is 4.58. The molecule has 0 aliphatic heterocycles. The summed E-state index contributed by atoms with van der Waals surface area (Å²) in [5, 5.41) is 0.998. The zero-order chi connectivity index (χ0) is 10.2. The van der Waals surface area contributed by atoms with E-state index in [4.69, 9.17) is 5.73 Å². The molecular weight excluding hydrogens is 194 g/mol. The van der Waals surface area contributed by atoms with Crippen LogP contribution in [-0.4, -0.2) is 21.8 Å². The summed E-state index contributed by atoms with van der Waals surface area (Å²) in [6.45, 7) is 2.13. The van der Waals surface area contributed by atoms with Crippen LogP contribution < -0.4 is 5.73 Å². The molecule has 0 saturated heterocycles. The maximum Gasteiger partial charge on any atom is 0.114 e. The molecule has 4 heteroatoms. The molecule has 0 aliphatic rings. The van der Waals surface area contributed by atoms with E-state index in [0.717, 1.165) is 30.0 Å². The Morgan fingerprint density at radius 1 is 1.50 bits per heavy atom. The van der Waals surface area contributed by atoms with E-state index in [-0.39, 0.29) is 0 Å². The van der Waals surface area contributed by atoms with Gasteiger partial charge in [-0.1, -0.05) is 6.92 Å². The Morgan fingerprint density at radius 2 is 2.36 bits per heavy atom. The second-order valence-corrected chi connectivity index (χ2v) is 4.32. The lowest BCUT2D eigenvalue weighted by atomic mass is 10.1. The second-order valence-electron chi connectivity index (χ2n) is 3.20. The van der Waals surface area contributed by atoms with Gasteiger partial charge in [0.15, 0.2) is 0 Å². The fourth-order valence-corrected chi connectivity index (χ4v) is 1.88. The Hall–Kier alpha value is -0.610. The third-order valence-electron chi connectivity index (χ3n) is 2.03. The van der Waals surface area contributed by atoms with Crippen LogP contribution in [0.5, 0.6) is 0 Å². The standard InChI is InChI=1S/C10H17N3S/c1-2-9(11)4-3-7-14-10-8-12-5-6-13-10/h5-6,8-9H,2-4,7,11H2,1H3. The lowest BCUT2D eigenvalue weighted by Gasteiger charge is -2.06. The molecule has 0 fully saturated rings. The highest BCUT2D eigenvalue weighted by Gasteiger charge is 1.99. The Balaban J connectivity index is 2.10. The van der Waals surface area contributed by atoms with E-state index in [0.29, 0.717) is 6.04 Å². The van der Waals surface area contributed by atoms with Gasteiger partial charge < -0.3 is 5.73 Å². The van der Waals surface area contributed by atoms with Crippen molar-refractivity contribution in [3.8, 4) is 0 Å². The SMILES string of the molecule is CCC(N)CCCSc1cnccn1. The molecule has 0 radical (unpaired) electrons. The number of thioether (sulfide) groups is 1. The van der Waals surface area contributed by atoms with Crippen LogP contribution in [0, 0.1) is 0 Å². The van der Waals surface area contributed by atoms with Crippen molar-refractivity contribution in [2.24, 2.45) is 5.73 Å². The summed E-state index contributed by atoms with van der Waals surface area (Å²) < 4.78 is 0. The van der Waals surface area contributed by atoms with Crippen molar-refractivity contribution in [2.75, 3.05) is 5.75 Å². The van der Waals surface area contributed by atoms with Crippen molar-refractivity contribution in [3.63, 3.8) is 0 Å². The van der Waals surface area contributed by atoms with Crippen LogP contribution in [0.1, 0.15) is 26.2 Å². The van der Waals surface area contributed by atoms with Crippen LogP contribution in [0.2, 0.25) is 0 Å². The van der Waals surface area contributed by atoms with Gasteiger partial charge in [-0.15, -0.1) is 11.8 Å². The average Bonchev–Trinajstić information content (AvgIpc) is 2.25. The van der Waals surface area contributed by atoms with Crippen LogP contribution in [0.25, 0.3) is 0 Å². The summed E-state index contributed by atoms with van der Waals surface area (Å²) in [4.78, 5) is 8.19. The van der Waals surface area contributed by atoms with Gasteiger partial charge in [-0.25, -0.2) is 4.98 Å². The van der Waals surface area contributed by atoms with Crippen LogP contribution in [-0.2, 0) is 0 Å². The molecule has 0 bridgehead atoms. The summed E-state index contributed by atoms with van der Waals surface area (Å²) in [5.74, 6) is 1.08. The molecule has 0 aromatic carbocycles. The van der Waals surface area contributed by atoms with Crippen molar-refractivity contribution in [2.45, 2.75) is 37.3 Å². The van der Waals surface area contributed by atoms with E-state index in [1.165, 1.54) is 0 Å². The number of nitrogens with two attached hydrogens (primary N) is 1. The molecule has 1 unspecified atom stereocenters. The molecule has 14 heavy (non-hydrogen) atoms. The number of rotatable bonds is 6. The summed E-state index contributed by atoms with van der Waals surface area (Å²) in [7, 11) is 0. The molecule has 1 atom stereocenters. The molecule has 0 aliphatic carbocycles. The lowest BCUT2D eigenvalue weighted by Crippen LogP contribution is -2.18. The summed E-state index contributed by atoms with van der Waals surface area (Å²) in [6, 6.07) is 0.359. The zero-order valence-corrected chi connectivity index (χ0v) is 9.33. The first-order valence-corrected chi connectivity index (χ1v) is 5.96. The van der Waals surface area contributed by atoms with Crippen molar-refractivity contribution in [1.82, 2.24) is 9.97 Å². The van der Waals surface area contributed by atoms with Gasteiger partial charge >= 0.3 is 0 Å². The van der Waals surface area contributed by atoms with Crippen molar-refractivity contribution in [1.29, 1.82) is 0 Å². The Labute approximate surface area is 89.5 Å². The van der Waals surface area contributed by atoms with Crippen LogP contribution in [0.15, 0.2) is 23.6 Å². The number of nitrogens with zero attached hydrogens (tertiary/aromatic N) is 2. The molecular formula is C10H17N3S. The van der Waals surface area contributed by atoms with Gasteiger partial charge in [-0.05, 0) is 25.0 Å². The van der Waals surface area contributed by atoms with Gasteiger partial charge in [-0.3, -0.25) is 4.98 Å². The first kappa shape index (κ1) is 11.5. The van der Waals surface area contributed by atoms with Gasteiger partial charge in [-0.2, -0.15) is 0 Å². The topological polar surface area (TPSA) is 51.8 Å². The molecule has 1 aromatic heterocycles. The lowest BCUT2D eigenvalue weighted by molar-refractivity contribution is 0.589. The molecule has 1 aromatic rings. The second kappa shape index (κ2) is 6.79. The van der Waals surface area contributed by atoms with E-state index in [2.05, 4.69) is 16.9 Å². The fourth-order valence-electron chi connectivity index (χ4n) is 1.09. The molecule has 1 heterocycles. The average molecular weight is 211 g/mol. The number of hydrogen-bond acceptors (Lipinski definition) is 4. The minimum atomic E-state index is 0.359. The van der Waals surface area contributed by atoms with Gasteiger partial charge in [0, 0.05) is 18.4 Å². The highest BCUT2D eigenvalue weighted by molar-refractivity contribution is 7.99. The van der Waals surface area contributed by atoms with E-state index < -0.39 is 0 Å². The predicted molar refractivity (Wildman–Crippen MR) is 60.3 cm³/mol. The third-order valence-corrected chi connectivity index (χ3v) is 3.03. The highest BCUT2D eigenvalue weighted by atomic mass is 32.2. The largest absolute Gasteiger partial charge is 0.328 e. The number of hydrogen-bond donors (Lipinski definition) is 1. The predicted octanol–water partition coefficient (Wildman–Crippen LogP) is 2.09. The van der Waals surface area contributed by atoms with Gasteiger partial charge in [0.2, 0.25) is 0 Å². The Morgan fingerprint density at radius 3 is 3.00 bits per heavy atom. The maximum atomic E-state index is 5.82. The molecule has 3 nitrogen and oxygen atoms in total.